The molecule has 0 bridgehead atoms. The minimum atomic E-state index is 0.133. The summed E-state index contributed by atoms with van der Waals surface area (Å²) in [6.45, 7) is 0.133. The van der Waals surface area contributed by atoms with Gasteiger partial charge in [0.1, 0.15) is 0 Å². The first-order valence-electron chi connectivity index (χ1n) is 4.89. The molecule has 0 saturated carbocycles. The summed E-state index contributed by atoms with van der Waals surface area (Å²) in [5.74, 6) is 0. The van der Waals surface area contributed by atoms with Crippen LogP contribution < -0.4 is 0 Å². The SMILES string of the molecule is OCc1cc2ccc3ccccc3c2s1. The van der Waals surface area contributed by atoms with Crippen LogP contribution in [0.15, 0.2) is 42.5 Å². The highest BCUT2D eigenvalue weighted by Gasteiger charge is 2.04. The molecule has 74 valence electrons. The molecule has 0 aliphatic carbocycles. The second-order valence-corrected chi connectivity index (χ2v) is 4.71. The van der Waals surface area contributed by atoms with Gasteiger partial charge in [0.05, 0.1) is 6.61 Å². The van der Waals surface area contributed by atoms with E-state index < -0.39 is 0 Å². The Hall–Kier alpha value is -1.38. The maximum Gasteiger partial charge on any atom is 0.0774 e. The first kappa shape index (κ1) is 8.89. The third-order valence-corrected chi connectivity index (χ3v) is 3.78. The molecule has 0 amide bonds. The number of rotatable bonds is 1. The number of hydrogen-bond donors (Lipinski definition) is 1. The topological polar surface area (TPSA) is 20.2 Å². The second kappa shape index (κ2) is 3.33. The second-order valence-electron chi connectivity index (χ2n) is 3.58. The van der Waals surface area contributed by atoms with E-state index in [2.05, 4.69) is 42.5 Å². The normalized spacial score (nSPS) is 11.3. The Bertz CT molecular complexity index is 625. The summed E-state index contributed by atoms with van der Waals surface area (Å²) in [4.78, 5) is 1.03. The van der Waals surface area contributed by atoms with Crippen LogP contribution in [0.2, 0.25) is 0 Å². The fourth-order valence-corrected chi connectivity index (χ4v) is 2.95. The molecule has 2 heteroatoms. The molecular formula is C13H10OS. The molecule has 3 aromatic rings. The molecule has 0 saturated heterocycles. The van der Waals surface area contributed by atoms with Crippen molar-refractivity contribution < 1.29 is 5.11 Å². The van der Waals surface area contributed by atoms with Gasteiger partial charge in [-0.2, -0.15) is 0 Å². The maximum absolute atomic E-state index is 9.12. The van der Waals surface area contributed by atoms with E-state index in [-0.39, 0.29) is 6.61 Å². The van der Waals surface area contributed by atoms with Crippen molar-refractivity contribution in [3.63, 3.8) is 0 Å². The van der Waals surface area contributed by atoms with Crippen molar-refractivity contribution in [1.82, 2.24) is 0 Å². The summed E-state index contributed by atoms with van der Waals surface area (Å²) in [7, 11) is 0. The summed E-state index contributed by atoms with van der Waals surface area (Å²) >= 11 is 1.68. The fourth-order valence-electron chi connectivity index (χ4n) is 1.90. The Morgan fingerprint density at radius 3 is 2.67 bits per heavy atom. The number of hydrogen-bond acceptors (Lipinski definition) is 2. The molecule has 3 rings (SSSR count). The van der Waals surface area contributed by atoms with Crippen molar-refractivity contribution in [2.45, 2.75) is 6.61 Å². The summed E-state index contributed by atoms with van der Waals surface area (Å²) in [6.07, 6.45) is 0. The van der Waals surface area contributed by atoms with Gasteiger partial charge >= 0.3 is 0 Å². The molecule has 1 N–H and O–H groups in total. The van der Waals surface area contributed by atoms with Crippen molar-refractivity contribution in [1.29, 1.82) is 0 Å². The van der Waals surface area contributed by atoms with Crippen LogP contribution in [0.1, 0.15) is 4.88 Å². The van der Waals surface area contributed by atoms with E-state index in [4.69, 9.17) is 5.11 Å². The third kappa shape index (κ3) is 1.34. The highest BCUT2D eigenvalue weighted by Crippen LogP contribution is 2.32. The van der Waals surface area contributed by atoms with Gasteiger partial charge in [0.25, 0.3) is 0 Å². The Morgan fingerprint density at radius 1 is 1.00 bits per heavy atom. The molecule has 0 atom stereocenters. The largest absolute Gasteiger partial charge is 0.391 e. The molecule has 0 radical (unpaired) electrons. The van der Waals surface area contributed by atoms with Crippen LogP contribution in [0, 0.1) is 0 Å². The Balaban J connectivity index is 2.47. The summed E-state index contributed by atoms with van der Waals surface area (Å²) < 4.78 is 1.28. The van der Waals surface area contributed by atoms with Crippen molar-refractivity contribution in [3.8, 4) is 0 Å². The van der Waals surface area contributed by atoms with E-state index in [1.54, 1.807) is 11.3 Å². The number of benzene rings is 2. The van der Waals surface area contributed by atoms with Gasteiger partial charge in [-0.15, -0.1) is 11.3 Å². The van der Waals surface area contributed by atoms with Crippen LogP contribution in [-0.2, 0) is 6.61 Å². The third-order valence-electron chi connectivity index (χ3n) is 2.62. The van der Waals surface area contributed by atoms with Crippen molar-refractivity contribution in [3.05, 3.63) is 47.3 Å². The zero-order valence-corrected chi connectivity index (χ0v) is 8.92. The average Bonchev–Trinajstić information content (AvgIpc) is 2.72. The van der Waals surface area contributed by atoms with Crippen molar-refractivity contribution in [2.75, 3.05) is 0 Å². The lowest BCUT2D eigenvalue weighted by molar-refractivity contribution is 0.285. The van der Waals surface area contributed by atoms with E-state index in [1.165, 1.54) is 20.9 Å². The van der Waals surface area contributed by atoms with Gasteiger partial charge in [0, 0.05) is 9.58 Å². The maximum atomic E-state index is 9.12. The number of aliphatic hydroxyl groups excluding tert-OH is 1. The van der Waals surface area contributed by atoms with Gasteiger partial charge in [-0.25, -0.2) is 0 Å². The number of thiophene rings is 1. The van der Waals surface area contributed by atoms with E-state index in [1.807, 2.05) is 0 Å². The molecule has 1 aromatic heterocycles. The minimum Gasteiger partial charge on any atom is -0.391 e. The van der Waals surface area contributed by atoms with Crippen molar-refractivity contribution >= 4 is 32.2 Å². The lowest BCUT2D eigenvalue weighted by atomic mass is 10.1. The molecular weight excluding hydrogens is 204 g/mol. The predicted octanol–water partition coefficient (Wildman–Crippen LogP) is 3.55. The molecule has 1 nitrogen and oxygen atoms in total. The van der Waals surface area contributed by atoms with Gasteiger partial charge in [0.15, 0.2) is 0 Å². The van der Waals surface area contributed by atoms with Crippen LogP contribution in [0.4, 0.5) is 0 Å². The molecule has 15 heavy (non-hydrogen) atoms. The van der Waals surface area contributed by atoms with Gasteiger partial charge in [-0.1, -0.05) is 36.4 Å². The molecule has 1 heterocycles. The lowest BCUT2D eigenvalue weighted by Gasteiger charge is -1.97. The highest BCUT2D eigenvalue weighted by molar-refractivity contribution is 7.20. The number of aliphatic hydroxyl groups is 1. The summed E-state index contributed by atoms with van der Waals surface area (Å²) in [5, 5.41) is 12.9. The molecule has 0 fully saturated rings. The van der Waals surface area contributed by atoms with Crippen LogP contribution in [0.3, 0.4) is 0 Å². The summed E-state index contributed by atoms with van der Waals surface area (Å²) in [5.41, 5.74) is 0. The van der Waals surface area contributed by atoms with E-state index in [9.17, 15) is 0 Å². The van der Waals surface area contributed by atoms with Gasteiger partial charge in [-0.3, -0.25) is 0 Å². The van der Waals surface area contributed by atoms with Crippen LogP contribution >= 0.6 is 11.3 Å². The Morgan fingerprint density at radius 2 is 1.80 bits per heavy atom. The fraction of sp³-hybridized carbons (Fsp3) is 0.0769. The quantitative estimate of drug-likeness (QED) is 0.656. The highest BCUT2D eigenvalue weighted by atomic mass is 32.1. The van der Waals surface area contributed by atoms with E-state index >= 15 is 0 Å². The predicted molar refractivity (Wildman–Crippen MR) is 65.3 cm³/mol. The summed E-state index contributed by atoms with van der Waals surface area (Å²) in [6, 6.07) is 14.7. The average molecular weight is 214 g/mol. The first-order valence-corrected chi connectivity index (χ1v) is 5.71. The number of fused-ring (bicyclic) bond motifs is 3. The molecule has 0 spiro atoms. The van der Waals surface area contributed by atoms with Crippen LogP contribution in [-0.4, -0.2) is 5.11 Å². The first-order chi connectivity index (χ1) is 7.38. The zero-order valence-electron chi connectivity index (χ0n) is 8.10. The van der Waals surface area contributed by atoms with E-state index in [0.29, 0.717) is 0 Å². The zero-order chi connectivity index (χ0) is 10.3. The van der Waals surface area contributed by atoms with Gasteiger partial charge < -0.3 is 5.11 Å². The van der Waals surface area contributed by atoms with Gasteiger partial charge in [0.2, 0.25) is 0 Å². The molecule has 0 aliphatic rings. The standard InChI is InChI=1S/C13H10OS/c14-8-11-7-10-6-5-9-3-1-2-4-12(9)13(10)15-11/h1-7,14H,8H2. The van der Waals surface area contributed by atoms with Gasteiger partial charge in [-0.05, 0) is 22.2 Å². The Kier molecular flexibility index (Phi) is 1.97. The molecule has 0 aliphatic heterocycles. The van der Waals surface area contributed by atoms with Crippen LogP contribution in [0.25, 0.3) is 20.9 Å². The molecule has 0 unspecified atom stereocenters. The van der Waals surface area contributed by atoms with Crippen LogP contribution in [0.5, 0.6) is 0 Å². The lowest BCUT2D eigenvalue weighted by Crippen LogP contribution is -1.70. The Labute approximate surface area is 91.6 Å². The monoisotopic (exact) mass is 214 g/mol. The van der Waals surface area contributed by atoms with Crippen molar-refractivity contribution in [2.24, 2.45) is 0 Å². The molecule has 2 aromatic carbocycles. The van der Waals surface area contributed by atoms with E-state index in [0.717, 1.165) is 4.88 Å². The minimum absolute atomic E-state index is 0.133. The smallest absolute Gasteiger partial charge is 0.0774 e.